The second-order valence-electron chi connectivity index (χ2n) is 6.18. The van der Waals surface area contributed by atoms with E-state index in [1.165, 1.54) is 17.3 Å². The van der Waals surface area contributed by atoms with Crippen molar-refractivity contribution in [3.8, 4) is 11.5 Å². The number of aryl methyl sites for hydroxylation is 2. The van der Waals surface area contributed by atoms with E-state index in [1.54, 1.807) is 17.7 Å². The Morgan fingerprint density at radius 1 is 1.32 bits per heavy atom. The molecule has 0 saturated heterocycles. The average Bonchev–Trinajstić information content (AvgIpc) is 3.42. The number of rotatable bonds is 5. The fourth-order valence-corrected chi connectivity index (χ4v) is 5.04. The zero-order valence-corrected chi connectivity index (χ0v) is 17.7. The second-order valence-corrected chi connectivity index (χ2v) is 8.85. The first-order chi connectivity index (χ1) is 13.7. The number of hydrogen-bond donors (Lipinski definition) is 2. The molecular weight excluding hydrogens is 462 g/mol. The van der Waals surface area contributed by atoms with Gasteiger partial charge in [-0.1, -0.05) is 9.97 Å². The molecule has 4 aromatic rings. The summed E-state index contributed by atoms with van der Waals surface area (Å²) in [5, 5.41) is 4.98. The number of nitrogen functional groups attached to an aromatic ring is 1. The van der Waals surface area contributed by atoms with Crippen LogP contribution < -0.4 is 19.8 Å². The number of aromatic nitrogens is 4. The van der Waals surface area contributed by atoms with Gasteiger partial charge in [-0.2, -0.15) is 11.3 Å². The Morgan fingerprint density at radius 3 is 3.00 bits per heavy atom. The third-order valence-corrected chi connectivity index (χ3v) is 6.98. The van der Waals surface area contributed by atoms with Gasteiger partial charge >= 0.3 is 0 Å². The lowest BCUT2D eigenvalue weighted by atomic mass is 10.2. The lowest BCUT2D eigenvalue weighted by molar-refractivity contribution is -0.675. The molecule has 1 aromatic carbocycles. The van der Waals surface area contributed by atoms with E-state index in [4.69, 9.17) is 20.2 Å². The highest BCUT2D eigenvalue weighted by molar-refractivity contribution is 9.10. The number of halogens is 1. The lowest BCUT2D eigenvalue weighted by Crippen LogP contribution is -2.36. The average molecular weight is 477 g/mol. The minimum Gasteiger partial charge on any atom is -0.454 e. The number of nitrogens with two attached hydrogens (primary N) is 1. The smallest absolute Gasteiger partial charge is 0.294 e. The third kappa shape index (κ3) is 3.31. The van der Waals surface area contributed by atoms with Gasteiger partial charge in [0.25, 0.3) is 5.65 Å². The SMILES string of the molecule is Nc1nc[n+](CCc2ccsc2)c2nc(Sc3cc4c(cc3Br)OCO4)[nH]c12. The largest absolute Gasteiger partial charge is 0.454 e. The summed E-state index contributed by atoms with van der Waals surface area (Å²) >= 11 is 6.79. The predicted octanol–water partition coefficient (Wildman–Crippen LogP) is 3.77. The van der Waals surface area contributed by atoms with Crippen LogP contribution in [-0.4, -0.2) is 21.7 Å². The van der Waals surface area contributed by atoms with Gasteiger partial charge in [-0.25, -0.2) is 4.57 Å². The van der Waals surface area contributed by atoms with E-state index in [0.717, 1.165) is 50.2 Å². The van der Waals surface area contributed by atoms with Gasteiger partial charge in [0.15, 0.2) is 17.0 Å². The van der Waals surface area contributed by atoms with Crippen LogP contribution in [0.25, 0.3) is 11.2 Å². The maximum absolute atomic E-state index is 6.08. The molecule has 0 unspecified atom stereocenters. The summed E-state index contributed by atoms with van der Waals surface area (Å²) in [5.41, 5.74) is 8.92. The molecule has 1 aliphatic heterocycles. The summed E-state index contributed by atoms with van der Waals surface area (Å²) in [4.78, 5) is 13.3. The van der Waals surface area contributed by atoms with Crippen LogP contribution in [0.5, 0.6) is 11.5 Å². The van der Waals surface area contributed by atoms with Crippen LogP contribution in [0.3, 0.4) is 0 Å². The highest BCUT2D eigenvalue weighted by Gasteiger charge is 2.22. The molecule has 4 heterocycles. The lowest BCUT2D eigenvalue weighted by Gasteiger charge is -2.02. The van der Waals surface area contributed by atoms with Crippen molar-refractivity contribution in [3.05, 3.63) is 45.3 Å². The molecule has 0 radical (unpaired) electrons. The molecule has 10 heteroatoms. The van der Waals surface area contributed by atoms with Crippen molar-refractivity contribution in [3.63, 3.8) is 0 Å². The van der Waals surface area contributed by atoms with E-state index in [-0.39, 0.29) is 6.79 Å². The van der Waals surface area contributed by atoms with E-state index < -0.39 is 0 Å². The predicted molar refractivity (Wildman–Crippen MR) is 111 cm³/mol. The van der Waals surface area contributed by atoms with Gasteiger partial charge in [-0.15, -0.1) is 0 Å². The van der Waals surface area contributed by atoms with Crippen LogP contribution in [0.2, 0.25) is 0 Å². The van der Waals surface area contributed by atoms with E-state index in [2.05, 4.69) is 42.7 Å². The number of hydrogen-bond acceptors (Lipinski definition) is 7. The highest BCUT2D eigenvalue weighted by Crippen LogP contribution is 2.42. The second kappa shape index (κ2) is 7.26. The molecular formula is C18H15BrN5O2S2+. The van der Waals surface area contributed by atoms with Gasteiger partial charge in [-0.05, 0) is 62.2 Å². The molecule has 0 bridgehead atoms. The summed E-state index contributed by atoms with van der Waals surface area (Å²) in [6.07, 6.45) is 2.66. The number of aromatic amines is 1. The molecule has 142 valence electrons. The van der Waals surface area contributed by atoms with Gasteiger partial charge in [0.1, 0.15) is 0 Å². The summed E-state index contributed by atoms with van der Waals surface area (Å²) in [7, 11) is 0. The molecule has 3 aromatic heterocycles. The number of nitrogens with zero attached hydrogens (tertiary/aromatic N) is 3. The van der Waals surface area contributed by atoms with Crippen LogP contribution in [-0.2, 0) is 13.0 Å². The van der Waals surface area contributed by atoms with Crippen molar-refractivity contribution < 1.29 is 14.0 Å². The maximum atomic E-state index is 6.08. The van der Waals surface area contributed by atoms with Crippen LogP contribution in [0.15, 0.2) is 49.8 Å². The molecule has 0 spiro atoms. The Morgan fingerprint density at radius 2 is 2.18 bits per heavy atom. The number of fused-ring (bicyclic) bond motifs is 2. The number of ether oxygens (including phenoxy) is 2. The highest BCUT2D eigenvalue weighted by atomic mass is 79.9. The van der Waals surface area contributed by atoms with Crippen molar-refractivity contribution in [1.82, 2.24) is 15.0 Å². The summed E-state index contributed by atoms with van der Waals surface area (Å²) in [5.74, 6) is 1.90. The molecule has 28 heavy (non-hydrogen) atoms. The first-order valence-corrected chi connectivity index (χ1v) is 11.0. The Bertz CT molecular complexity index is 1160. The number of imidazole rings is 1. The maximum Gasteiger partial charge on any atom is 0.294 e. The topological polar surface area (TPSA) is 89.9 Å². The van der Waals surface area contributed by atoms with Crippen molar-refractivity contribution in [1.29, 1.82) is 0 Å². The molecule has 7 nitrogen and oxygen atoms in total. The number of nitrogens with one attached hydrogen (secondary N) is 1. The summed E-state index contributed by atoms with van der Waals surface area (Å²) in [6.45, 7) is 1.02. The Balaban J connectivity index is 1.46. The number of H-pyrrole nitrogens is 1. The Kier molecular flexibility index (Phi) is 4.61. The minimum absolute atomic E-state index is 0.243. The standard InChI is InChI=1S/C18H14BrN5O2S2/c19-11-5-12-13(26-9-25-12)6-14(11)28-18-22-15-16(20)21-8-24(17(15)23-18)3-1-10-2-4-27-7-10/h2,4-8H,1,3,9H2,(H2,20,22,23)/p+1. The molecule has 0 amide bonds. The zero-order valence-electron chi connectivity index (χ0n) is 14.5. The Labute approximate surface area is 177 Å². The van der Waals surface area contributed by atoms with Gasteiger partial charge in [0.05, 0.1) is 6.54 Å². The number of thiophene rings is 1. The van der Waals surface area contributed by atoms with Gasteiger partial charge in [0, 0.05) is 15.8 Å². The van der Waals surface area contributed by atoms with E-state index >= 15 is 0 Å². The monoisotopic (exact) mass is 476 g/mol. The fraction of sp³-hybridized carbons (Fsp3) is 0.167. The third-order valence-electron chi connectivity index (χ3n) is 4.38. The molecule has 3 N–H and O–H groups in total. The number of anilines is 1. The van der Waals surface area contributed by atoms with E-state index in [9.17, 15) is 0 Å². The quantitative estimate of drug-likeness (QED) is 0.426. The molecule has 0 aliphatic carbocycles. The molecule has 0 fully saturated rings. The first kappa shape index (κ1) is 17.8. The molecule has 5 rings (SSSR count). The fourth-order valence-electron chi connectivity index (χ4n) is 2.96. The summed E-state index contributed by atoms with van der Waals surface area (Å²) < 4.78 is 13.8. The van der Waals surface area contributed by atoms with Crippen molar-refractivity contribution in [2.75, 3.05) is 12.5 Å². The molecule has 0 atom stereocenters. The minimum atomic E-state index is 0.243. The molecule has 0 saturated carbocycles. The number of benzene rings is 1. The van der Waals surface area contributed by atoms with Gasteiger partial charge in [-0.3, -0.25) is 0 Å². The zero-order chi connectivity index (χ0) is 19.1. The van der Waals surface area contributed by atoms with Gasteiger partial charge in [0.2, 0.25) is 24.1 Å². The van der Waals surface area contributed by atoms with E-state index in [0.29, 0.717) is 5.82 Å². The van der Waals surface area contributed by atoms with Crippen LogP contribution >= 0.6 is 39.0 Å². The van der Waals surface area contributed by atoms with Crippen LogP contribution in [0.1, 0.15) is 5.56 Å². The first-order valence-electron chi connectivity index (χ1n) is 8.49. The normalized spacial score (nSPS) is 12.8. The summed E-state index contributed by atoms with van der Waals surface area (Å²) in [6, 6.07) is 5.98. The van der Waals surface area contributed by atoms with Crippen molar-refractivity contribution >= 4 is 56.0 Å². The van der Waals surface area contributed by atoms with Crippen LogP contribution in [0, 0.1) is 0 Å². The Hall–Kier alpha value is -2.30. The molecule has 1 aliphatic rings. The van der Waals surface area contributed by atoms with Crippen molar-refractivity contribution in [2.24, 2.45) is 0 Å². The van der Waals surface area contributed by atoms with Crippen LogP contribution in [0.4, 0.5) is 5.82 Å². The van der Waals surface area contributed by atoms with E-state index in [1.807, 2.05) is 16.7 Å². The van der Waals surface area contributed by atoms with Crippen molar-refractivity contribution in [2.45, 2.75) is 23.0 Å². The van der Waals surface area contributed by atoms with Gasteiger partial charge < -0.3 is 20.2 Å².